The average Bonchev–Trinajstić information content (AvgIpc) is 3.10. The van der Waals surface area contributed by atoms with Gasteiger partial charge >= 0.3 is 6.09 Å². The fraction of sp³-hybridized carbons (Fsp3) is 0.444. The number of amides is 1. The maximum absolute atomic E-state index is 11.6. The Morgan fingerprint density at radius 2 is 2.00 bits per heavy atom. The molecule has 25 heavy (non-hydrogen) atoms. The number of ether oxygens (including phenoxy) is 1. The Balaban J connectivity index is 1.70. The molecule has 1 aromatic carbocycles. The number of rotatable bonds is 8. The number of alkyl carbamates (subject to hydrolysis) is 1. The van der Waals surface area contributed by atoms with Crippen molar-refractivity contribution in [1.82, 2.24) is 15.1 Å². The standard InChI is InChI=1S/C18H25N3O4/c1-13(2)21-11-15(10-20-21)17(23)16(22)8-9-19-18(24)25-12-14-6-4-3-5-7-14/h3-7,10-11,13,16-17,22-23H,8-9,12H2,1-2H3,(H,19,24). The highest BCUT2D eigenvalue weighted by Gasteiger charge is 2.20. The first-order valence-electron chi connectivity index (χ1n) is 8.32. The molecule has 0 saturated heterocycles. The Bertz CT molecular complexity index is 657. The van der Waals surface area contributed by atoms with Crippen molar-refractivity contribution in [3.63, 3.8) is 0 Å². The summed E-state index contributed by atoms with van der Waals surface area (Å²) in [7, 11) is 0. The maximum Gasteiger partial charge on any atom is 0.407 e. The smallest absolute Gasteiger partial charge is 0.407 e. The predicted octanol–water partition coefficient (Wildman–Crippen LogP) is 2.17. The van der Waals surface area contributed by atoms with Crippen molar-refractivity contribution in [1.29, 1.82) is 0 Å². The predicted molar refractivity (Wildman–Crippen MR) is 92.8 cm³/mol. The van der Waals surface area contributed by atoms with Gasteiger partial charge in [-0.25, -0.2) is 4.79 Å². The van der Waals surface area contributed by atoms with Gasteiger partial charge in [-0.2, -0.15) is 5.10 Å². The molecule has 136 valence electrons. The molecule has 1 aromatic heterocycles. The number of hydrogen-bond acceptors (Lipinski definition) is 5. The lowest BCUT2D eigenvalue weighted by atomic mass is 10.1. The summed E-state index contributed by atoms with van der Waals surface area (Å²) in [5.74, 6) is 0. The van der Waals surface area contributed by atoms with Crippen LogP contribution < -0.4 is 5.32 Å². The zero-order valence-electron chi connectivity index (χ0n) is 14.5. The van der Waals surface area contributed by atoms with E-state index in [2.05, 4.69) is 10.4 Å². The van der Waals surface area contributed by atoms with Crippen LogP contribution in [-0.4, -0.2) is 38.7 Å². The molecule has 0 aliphatic carbocycles. The van der Waals surface area contributed by atoms with Crippen LogP contribution >= 0.6 is 0 Å². The van der Waals surface area contributed by atoms with E-state index in [-0.39, 0.29) is 25.6 Å². The SMILES string of the molecule is CC(C)n1cc(C(O)C(O)CCNC(=O)OCc2ccccc2)cn1. The van der Waals surface area contributed by atoms with Gasteiger partial charge in [0.15, 0.2) is 0 Å². The monoisotopic (exact) mass is 347 g/mol. The van der Waals surface area contributed by atoms with E-state index in [9.17, 15) is 15.0 Å². The van der Waals surface area contributed by atoms with Crippen LogP contribution in [0, 0.1) is 0 Å². The van der Waals surface area contributed by atoms with Gasteiger partial charge < -0.3 is 20.3 Å². The number of nitrogens with one attached hydrogen (secondary N) is 1. The second kappa shape index (κ2) is 9.19. The Kier molecular flexibility index (Phi) is 6.97. The molecule has 0 saturated carbocycles. The normalized spacial score (nSPS) is 13.5. The third-order valence-corrected chi connectivity index (χ3v) is 3.78. The molecule has 0 spiro atoms. The molecule has 2 rings (SSSR count). The summed E-state index contributed by atoms with van der Waals surface area (Å²) in [6, 6.07) is 9.54. The van der Waals surface area contributed by atoms with Crippen LogP contribution in [0.3, 0.4) is 0 Å². The molecule has 0 radical (unpaired) electrons. The summed E-state index contributed by atoms with van der Waals surface area (Å²) >= 11 is 0. The van der Waals surface area contributed by atoms with Crippen molar-refractivity contribution in [2.45, 2.75) is 45.1 Å². The Hall–Kier alpha value is -2.38. The van der Waals surface area contributed by atoms with Gasteiger partial charge in [-0.05, 0) is 25.8 Å². The van der Waals surface area contributed by atoms with Crippen molar-refractivity contribution >= 4 is 6.09 Å². The Morgan fingerprint density at radius 1 is 1.28 bits per heavy atom. The second-order valence-electron chi connectivity index (χ2n) is 6.14. The molecule has 0 bridgehead atoms. The van der Waals surface area contributed by atoms with E-state index in [1.54, 1.807) is 10.9 Å². The molecule has 7 nitrogen and oxygen atoms in total. The fourth-order valence-corrected chi connectivity index (χ4v) is 2.26. The van der Waals surface area contributed by atoms with Gasteiger partial charge in [-0.3, -0.25) is 4.68 Å². The fourth-order valence-electron chi connectivity index (χ4n) is 2.26. The number of carbonyl (C=O) groups excluding carboxylic acids is 1. The largest absolute Gasteiger partial charge is 0.445 e. The molecule has 7 heteroatoms. The van der Waals surface area contributed by atoms with Crippen LogP contribution in [0.1, 0.15) is 43.5 Å². The zero-order chi connectivity index (χ0) is 18.2. The zero-order valence-corrected chi connectivity index (χ0v) is 14.5. The van der Waals surface area contributed by atoms with Crippen LogP contribution in [0.15, 0.2) is 42.7 Å². The molecule has 3 N–H and O–H groups in total. The first-order valence-corrected chi connectivity index (χ1v) is 8.32. The summed E-state index contributed by atoms with van der Waals surface area (Å²) in [5.41, 5.74) is 1.45. The lowest BCUT2D eigenvalue weighted by Crippen LogP contribution is -2.29. The van der Waals surface area contributed by atoms with E-state index in [1.165, 1.54) is 6.20 Å². The number of hydrogen-bond donors (Lipinski definition) is 3. The molecule has 1 heterocycles. The van der Waals surface area contributed by atoms with Gasteiger partial charge in [0.1, 0.15) is 12.7 Å². The molecule has 2 aromatic rings. The minimum Gasteiger partial charge on any atom is -0.445 e. The number of aromatic nitrogens is 2. The van der Waals surface area contributed by atoms with E-state index < -0.39 is 18.3 Å². The summed E-state index contributed by atoms with van der Waals surface area (Å²) < 4.78 is 6.79. The average molecular weight is 347 g/mol. The van der Waals surface area contributed by atoms with Crippen LogP contribution in [-0.2, 0) is 11.3 Å². The molecule has 0 aliphatic heterocycles. The van der Waals surface area contributed by atoms with Crippen molar-refractivity contribution in [3.8, 4) is 0 Å². The van der Waals surface area contributed by atoms with Crippen LogP contribution in [0.4, 0.5) is 4.79 Å². The molecular formula is C18H25N3O4. The molecule has 2 unspecified atom stereocenters. The van der Waals surface area contributed by atoms with Gasteiger partial charge in [0.05, 0.1) is 12.3 Å². The number of aliphatic hydroxyl groups excluding tert-OH is 2. The van der Waals surface area contributed by atoms with Crippen LogP contribution in [0.5, 0.6) is 0 Å². The number of benzene rings is 1. The third-order valence-electron chi connectivity index (χ3n) is 3.78. The summed E-state index contributed by atoms with van der Waals surface area (Å²) in [5, 5.41) is 26.9. The minimum atomic E-state index is -1.05. The van der Waals surface area contributed by atoms with Crippen molar-refractivity contribution in [3.05, 3.63) is 53.9 Å². The van der Waals surface area contributed by atoms with E-state index in [4.69, 9.17) is 4.74 Å². The lowest BCUT2D eigenvalue weighted by Gasteiger charge is -2.16. The highest BCUT2D eigenvalue weighted by Crippen LogP contribution is 2.19. The quantitative estimate of drug-likeness (QED) is 0.680. The van der Waals surface area contributed by atoms with Gasteiger partial charge in [0.2, 0.25) is 0 Å². The van der Waals surface area contributed by atoms with Crippen LogP contribution in [0.25, 0.3) is 0 Å². The number of aliphatic hydroxyl groups is 2. The third kappa shape index (κ3) is 5.88. The topological polar surface area (TPSA) is 96.6 Å². The van der Waals surface area contributed by atoms with Gasteiger partial charge in [-0.15, -0.1) is 0 Å². The molecular weight excluding hydrogens is 322 g/mol. The van der Waals surface area contributed by atoms with Gasteiger partial charge in [0.25, 0.3) is 0 Å². The molecule has 0 aliphatic rings. The van der Waals surface area contributed by atoms with Crippen LogP contribution in [0.2, 0.25) is 0 Å². The molecule has 0 fully saturated rings. The van der Waals surface area contributed by atoms with Crippen molar-refractivity contribution in [2.75, 3.05) is 6.54 Å². The summed E-state index contributed by atoms with van der Waals surface area (Å²) in [6.45, 7) is 4.34. The van der Waals surface area contributed by atoms with E-state index >= 15 is 0 Å². The molecule has 2 atom stereocenters. The first-order chi connectivity index (χ1) is 12.0. The summed E-state index contributed by atoms with van der Waals surface area (Å²) in [4.78, 5) is 11.6. The highest BCUT2D eigenvalue weighted by molar-refractivity contribution is 5.67. The molecule has 1 amide bonds. The number of nitrogens with zero attached hydrogens (tertiary/aromatic N) is 2. The number of carbonyl (C=O) groups is 1. The Labute approximate surface area is 147 Å². The first kappa shape index (κ1) is 19.0. The second-order valence-corrected chi connectivity index (χ2v) is 6.14. The van der Waals surface area contributed by atoms with Crippen molar-refractivity contribution in [2.24, 2.45) is 0 Å². The highest BCUT2D eigenvalue weighted by atomic mass is 16.5. The minimum absolute atomic E-state index is 0.180. The van der Waals surface area contributed by atoms with E-state index in [0.717, 1.165) is 5.56 Å². The summed E-state index contributed by atoms with van der Waals surface area (Å²) in [6.07, 6.45) is 0.844. The van der Waals surface area contributed by atoms with Gasteiger partial charge in [-0.1, -0.05) is 30.3 Å². The van der Waals surface area contributed by atoms with E-state index in [1.807, 2.05) is 44.2 Å². The Morgan fingerprint density at radius 3 is 2.64 bits per heavy atom. The van der Waals surface area contributed by atoms with Gasteiger partial charge in [0, 0.05) is 24.3 Å². The maximum atomic E-state index is 11.6. The van der Waals surface area contributed by atoms with Crippen molar-refractivity contribution < 1.29 is 19.7 Å². The van der Waals surface area contributed by atoms with E-state index in [0.29, 0.717) is 5.56 Å². The lowest BCUT2D eigenvalue weighted by molar-refractivity contribution is 0.0135.